The van der Waals surface area contributed by atoms with E-state index in [0.717, 1.165) is 15.9 Å². The number of fused-ring (bicyclic) bond motifs is 1. The minimum Gasteiger partial charge on any atom is -0.259 e. The smallest absolute Gasteiger partial charge is 0.0846 e. The van der Waals surface area contributed by atoms with Crippen molar-refractivity contribution >= 4 is 21.6 Å². The van der Waals surface area contributed by atoms with Gasteiger partial charge >= 0.3 is 0 Å². The van der Waals surface area contributed by atoms with Gasteiger partial charge in [0.2, 0.25) is 0 Å². The van der Waals surface area contributed by atoms with Gasteiger partial charge in [-0.05, 0) is 6.07 Å². The first-order chi connectivity index (χ1) is 6.07. The molecule has 2 aromatic rings. The largest absolute Gasteiger partial charge is 0.259 e. The second-order valence-corrected chi connectivity index (χ2v) is 5.03. The molecule has 0 saturated carbocycles. The van der Waals surface area contributed by atoms with Gasteiger partial charge in [-0.1, -0.05) is 20.8 Å². The van der Waals surface area contributed by atoms with Gasteiger partial charge in [0.25, 0.3) is 0 Å². The highest BCUT2D eigenvalue weighted by atomic mass is 32.1. The van der Waals surface area contributed by atoms with Crippen LogP contribution in [0.2, 0.25) is 0 Å². The van der Waals surface area contributed by atoms with Crippen molar-refractivity contribution in [1.29, 1.82) is 0 Å². The highest BCUT2D eigenvalue weighted by molar-refractivity contribution is 7.16. The Hall–Kier alpha value is -0.960. The van der Waals surface area contributed by atoms with Crippen molar-refractivity contribution in [3.63, 3.8) is 0 Å². The fourth-order valence-corrected chi connectivity index (χ4v) is 1.80. The fraction of sp³-hybridized carbons (Fsp3) is 0.400. The summed E-state index contributed by atoms with van der Waals surface area (Å²) >= 11 is 1.63. The van der Waals surface area contributed by atoms with Crippen molar-refractivity contribution in [3.05, 3.63) is 23.5 Å². The van der Waals surface area contributed by atoms with Gasteiger partial charge in [-0.15, -0.1) is 11.3 Å². The SMILES string of the molecule is CC(C)(C)c1cc2ncsc2cn1. The Morgan fingerprint density at radius 3 is 2.69 bits per heavy atom. The lowest BCUT2D eigenvalue weighted by atomic mass is 9.92. The van der Waals surface area contributed by atoms with E-state index in [2.05, 4.69) is 36.8 Å². The summed E-state index contributed by atoms with van der Waals surface area (Å²) in [5, 5.41) is 0. The standard InChI is InChI=1S/C10H12N2S/c1-10(2,3)9-4-7-8(5-11-9)13-6-12-7/h4-6H,1-3H3. The normalized spacial score (nSPS) is 12.2. The zero-order chi connectivity index (χ0) is 9.47. The van der Waals surface area contributed by atoms with Crippen molar-refractivity contribution < 1.29 is 0 Å². The number of pyridine rings is 1. The van der Waals surface area contributed by atoms with Crippen molar-refractivity contribution in [1.82, 2.24) is 9.97 Å². The van der Waals surface area contributed by atoms with Crippen LogP contribution in [0.5, 0.6) is 0 Å². The molecule has 68 valence electrons. The van der Waals surface area contributed by atoms with Crippen LogP contribution >= 0.6 is 11.3 Å². The summed E-state index contributed by atoms with van der Waals surface area (Å²) in [7, 11) is 0. The molecule has 3 heteroatoms. The molecule has 0 aliphatic rings. The lowest BCUT2D eigenvalue weighted by Crippen LogP contribution is -2.12. The predicted octanol–water partition coefficient (Wildman–Crippen LogP) is 2.99. The second kappa shape index (κ2) is 2.77. The zero-order valence-corrected chi connectivity index (χ0v) is 8.85. The summed E-state index contributed by atoms with van der Waals surface area (Å²) in [6.07, 6.45) is 1.91. The Bertz CT molecular complexity index is 426. The summed E-state index contributed by atoms with van der Waals surface area (Å²) in [5.74, 6) is 0. The highest BCUT2D eigenvalue weighted by Crippen LogP contribution is 2.24. The van der Waals surface area contributed by atoms with Crippen LogP contribution in [0.25, 0.3) is 10.2 Å². The van der Waals surface area contributed by atoms with Crippen LogP contribution in [0, 0.1) is 0 Å². The van der Waals surface area contributed by atoms with Gasteiger partial charge in [0, 0.05) is 17.3 Å². The van der Waals surface area contributed by atoms with E-state index < -0.39 is 0 Å². The molecule has 2 rings (SSSR count). The van der Waals surface area contributed by atoms with E-state index in [1.54, 1.807) is 11.3 Å². The molecule has 0 atom stereocenters. The fourth-order valence-electron chi connectivity index (χ4n) is 1.17. The lowest BCUT2D eigenvalue weighted by molar-refractivity contribution is 0.570. The van der Waals surface area contributed by atoms with Crippen LogP contribution in [0.3, 0.4) is 0 Å². The predicted molar refractivity (Wildman–Crippen MR) is 56.1 cm³/mol. The van der Waals surface area contributed by atoms with E-state index in [-0.39, 0.29) is 5.41 Å². The van der Waals surface area contributed by atoms with Gasteiger partial charge in [-0.2, -0.15) is 0 Å². The molecule has 0 spiro atoms. The number of hydrogen-bond acceptors (Lipinski definition) is 3. The third-order valence-corrected chi connectivity index (χ3v) is 2.77. The van der Waals surface area contributed by atoms with Gasteiger partial charge in [0.15, 0.2) is 0 Å². The van der Waals surface area contributed by atoms with Crippen LogP contribution in [0.15, 0.2) is 17.8 Å². The number of thiazole rings is 1. The third-order valence-electron chi connectivity index (χ3n) is 1.99. The molecule has 2 heterocycles. The third kappa shape index (κ3) is 1.56. The Balaban J connectivity index is 2.61. The molecule has 2 nitrogen and oxygen atoms in total. The molecule has 0 amide bonds. The van der Waals surface area contributed by atoms with E-state index in [0.29, 0.717) is 0 Å². The van der Waals surface area contributed by atoms with Crippen LogP contribution in [-0.4, -0.2) is 9.97 Å². The Labute approximate surface area is 81.7 Å². The van der Waals surface area contributed by atoms with Crippen LogP contribution in [0.1, 0.15) is 26.5 Å². The summed E-state index contributed by atoms with van der Waals surface area (Å²) in [6.45, 7) is 6.48. The van der Waals surface area contributed by atoms with Gasteiger partial charge in [0.1, 0.15) is 0 Å². The second-order valence-electron chi connectivity index (χ2n) is 4.14. The molecule has 0 saturated heterocycles. The number of aromatic nitrogens is 2. The first-order valence-electron chi connectivity index (χ1n) is 4.27. The molecular weight excluding hydrogens is 180 g/mol. The topological polar surface area (TPSA) is 25.8 Å². The van der Waals surface area contributed by atoms with E-state index in [1.165, 1.54) is 0 Å². The molecule has 0 fully saturated rings. The minimum absolute atomic E-state index is 0.109. The minimum atomic E-state index is 0.109. The summed E-state index contributed by atoms with van der Waals surface area (Å²) < 4.78 is 1.16. The van der Waals surface area contributed by atoms with Crippen molar-refractivity contribution in [2.45, 2.75) is 26.2 Å². The van der Waals surface area contributed by atoms with Crippen LogP contribution in [0.4, 0.5) is 0 Å². The van der Waals surface area contributed by atoms with Gasteiger partial charge in [-0.25, -0.2) is 4.98 Å². The summed E-state index contributed by atoms with van der Waals surface area (Å²) in [4.78, 5) is 8.69. The van der Waals surface area contributed by atoms with Gasteiger partial charge < -0.3 is 0 Å². The Morgan fingerprint density at radius 2 is 2.00 bits per heavy atom. The molecule has 0 N–H and O–H groups in total. The molecule has 0 aromatic carbocycles. The first kappa shape index (κ1) is 8.63. The number of rotatable bonds is 0. The molecule has 0 aliphatic carbocycles. The first-order valence-corrected chi connectivity index (χ1v) is 5.15. The molecule has 13 heavy (non-hydrogen) atoms. The monoisotopic (exact) mass is 192 g/mol. The number of nitrogens with zero attached hydrogens (tertiary/aromatic N) is 2. The molecule has 0 aliphatic heterocycles. The van der Waals surface area contributed by atoms with E-state index in [9.17, 15) is 0 Å². The molecule has 0 radical (unpaired) electrons. The van der Waals surface area contributed by atoms with Crippen LogP contribution < -0.4 is 0 Å². The average Bonchev–Trinajstić information content (AvgIpc) is 2.47. The lowest BCUT2D eigenvalue weighted by Gasteiger charge is -2.16. The van der Waals surface area contributed by atoms with E-state index in [4.69, 9.17) is 0 Å². The van der Waals surface area contributed by atoms with Gasteiger partial charge in [-0.3, -0.25) is 4.98 Å². The van der Waals surface area contributed by atoms with Crippen molar-refractivity contribution in [2.24, 2.45) is 0 Å². The molecule has 0 bridgehead atoms. The van der Waals surface area contributed by atoms with Gasteiger partial charge in [0.05, 0.1) is 15.7 Å². The average molecular weight is 192 g/mol. The summed E-state index contributed by atoms with van der Waals surface area (Å²) in [5.41, 5.74) is 4.13. The maximum Gasteiger partial charge on any atom is 0.0846 e. The van der Waals surface area contributed by atoms with Crippen molar-refractivity contribution in [2.75, 3.05) is 0 Å². The maximum atomic E-state index is 4.42. The highest BCUT2D eigenvalue weighted by Gasteiger charge is 2.15. The quantitative estimate of drug-likeness (QED) is 0.641. The van der Waals surface area contributed by atoms with Crippen LogP contribution in [-0.2, 0) is 5.41 Å². The van der Waals surface area contributed by atoms with Crippen molar-refractivity contribution in [3.8, 4) is 0 Å². The molecule has 0 unspecified atom stereocenters. The van der Waals surface area contributed by atoms with E-state index in [1.807, 2.05) is 11.7 Å². The van der Waals surface area contributed by atoms with E-state index >= 15 is 0 Å². The Morgan fingerprint density at radius 1 is 1.23 bits per heavy atom. The number of hydrogen-bond donors (Lipinski definition) is 0. The Kier molecular flexibility index (Phi) is 1.84. The molecular formula is C10H12N2S. The maximum absolute atomic E-state index is 4.42. The zero-order valence-electron chi connectivity index (χ0n) is 8.03. The summed E-state index contributed by atoms with van der Waals surface area (Å²) in [6, 6.07) is 2.08. The molecule has 2 aromatic heterocycles.